The third-order valence-electron chi connectivity index (χ3n) is 3.95. The highest BCUT2D eigenvalue weighted by Crippen LogP contribution is 2.27. The van der Waals surface area contributed by atoms with Crippen molar-refractivity contribution in [3.8, 4) is 0 Å². The highest BCUT2D eigenvalue weighted by atomic mass is 16.6. The van der Waals surface area contributed by atoms with Crippen LogP contribution in [0.15, 0.2) is 12.3 Å². The topological polar surface area (TPSA) is 105 Å². The lowest BCUT2D eigenvalue weighted by Crippen LogP contribution is -2.34. The number of nitrogens with one attached hydrogen (secondary N) is 1. The lowest BCUT2D eigenvalue weighted by atomic mass is 9.95. The zero-order valence-electron chi connectivity index (χ0n) is 11.9. The summed E-state index contributed by atoms with van der Waals surface area (Å²) in [6.07, 6.45) is 5.57. The number of aromatic nitrogens is 1. The van der Waals surface area contributed by atoms with Gasteiger partial charge in [0.15, 0.2) is 0 Å². The van der Waals surface area contributed by atoms with Gasteiger partial charge < -0.3 is 10.4 Å². The van der Waals surface area contributed by atoms with Crippen LogP contribution < -0.4 is 5.32 Å². The van der Waals surface area contributed by atoms with Crippen molar-refractivity contribution in [3.63, 3.8) is 0 Å². The number of pyridine rings is 1. The summed E-state index contributed by atoms with van der Waals surface area (Å²) in [7, 11) is 0. The summed E-state index contributed by atoms with van der Waals surface area (Å²) in [6.45, 7) is 1.65. The first kappa shape index (κ1) is 15.2. The fourth-order valence-corrected chi connectivity index (χ4v) is 2.78. The minimum Gasteiger partial charge on any atom is -0.481 e. The van der Waals surface area contributed by atoms with Crippen molar-refractivity contribution >= 4 is 17.5 Å². The van der Waals surface area contributed by atoms with Crippen LogP contribution in [0.5, 0.6) is 0 Å². The number of aliphatic carboxylic acids is 1. The predicted molar refractivity (Wildman–Crippen MR) is 77.2 cm³/mol. The van der Waals surface area contributed by atoms with E-state index in [0.29, 0.717) is 17.8 Å². The van der Waals surface area contributed by atoms with E-state index < -0.39 is 16.8 Å². The van der Waals surface area contributed by atoms with Crippen LogP contribution in [-0.2, 0) is 4.79 Å². The van der Waals surface area contributed by atoms with E-state index in [2.05, 4.69) is 10.3 Å². The number of nitrogens with zero attached hydrogens (tertiary/aromatic N) is 2. The highest BCUT2D eigenvalue weighted by Gasteiger charge is 2.29. The van der Waals surface area contributed by atoms with Crippen molar-refractivity contribution in [1.82, 2.24) is 4.98 Å². The number of carboxylic acid groups (broad SMARTS) is 1. The third kappa shape index (κ3) is 3.68. The van der Waals surface area contributed by atoms with Crippen LogP contribution in [-0.4, -0.2) is 27.0 Å². The average Bonchev–Trinajstić information content (AvgIpc) is 2.63. The van der Waals surface area contributed by atoms with Gasteiger partial charge in [-0.25, -0.2) is 4.98 Å². The Bertz CT molecular complexity index is 547. The largest absolute Gasteiger partial charge is 0.481 e. The monoisotopic (exact) mass is 293 g/mol. The van der Waals surface area contributed by atoms with Crippen molar-refractivity contribution in [2.45, 2.75) is 45.1 Å². The molecule has 1 aromatic heterocycles. The molecule has 1 heterocycles. The summed E-state index contributed by atoms with van der Waals surface area (Å²) >= 11 is 0. The van der Waals surface area contributed by atoms with E-state index in [1.54, 1.807) is 13.0 Å². The smallest absolute Gasteiger partial charge is 0.308 e. The van der Waals surface area contributed by atoms with Crippen molar-refractivity contribution < 1.29 is 14.8 Å². The summed E-state index contributed by atoms with van der Waals surface area (Å²) in [5.74, 6) is -0.742. The molecule has 0 bridgehead atoms. The van der Waals surface area contributed by atoms with Gasteiger partial charge in [0, 0.05) is 11.6 Å². The van der Waals surface area contributed by atoms with Gasteiger partial charge in [0.2, 0.25) is 0 Å². The molecule has 2 atom stereocenters. The maximum Gasteiger partial charge on any atom is 0.308 e. The van der Waals surface area contributed by atoms with Gasteiger partial charge in [-0.1, -0.05) is 19.3 Å². The van der Waals surface area contributed by atoms with Crippen LogP contribution in [0.3, 0.4) is 0 Å². The second-order valence-corrected chi connectivity index (χ2v) is 5.45. The van der Waals surface area contributed by atoms with Crippen LogP contribution in [0.25, 0.3) is 0 Å². The molecule has 2 N–H and O–H groups in total. The number of hydrogen-bond donors (Lipinski definition) is 2. The van der Waals surface area contributed by atoms with Crippen molar-refractivity contribution in [1.29, 1.82) is 0 Å². The highest BCUT2D eigenvalue weighted by molar-refractivity contribution is 5.71. The van der Waals surface area contributed by atoms with Crippen molar-refractivity contribution in [2.24, 2.45) is 5.92 Å². The van der Waals surface area contributed by atoms with Crippen LogP contribution >= 0.6 is 0 Å². The first-order valence-corrected chi connectivity index (χ1v) is 7.09. The molecular formula is C14H19N3O4. The standard InChI is InChI=1S/C14H19N3O4/c1-9-7-13(15-8-12(9)17(20)21)16-11-6-4-2-3-5-10(11)14(18)19/h7-8,10-11H,2-6H2,1H3,(H,15,16)(H,18,19). The summed E-state index contributed by atoms with van der Waals surface area (Å²) < 4.78 is 0. The molecule has 1 fully saturated rings. The molecule has 114 valence electrons. The van der Waals surface area contributed by atoms with Gasteiger partial charge in [0.1, 0.15) is 12.0 Å². The van der Waals surface area contributed by atoms with Gasteiger partial charge in [-0.15, -0.1) is 0 Å². The van der Waals surface area contributed by atoms with Gasteiger partial charge >= 0.3 is 5.97 Å². The normalized spacial score (nSPS) is 22.3. The predicted octanol–water partition coefficient (Wildman–Crippen LogP) is 2.74. The fraction of sp³-hybridized carbons (Fsp3) is 0.571. The summed E-state index contributed by atoms with van der Waals surface area (Å²) in [6, 6.07) is 1.42. The third-order valence-corrected chi connectivity index (χ3v) is 3.95. The van der Waals surface area contributed by atoms with Gasteiger partial charge in [-0.2, -0.15) is 0 Å². The molecule has 7 heteroatoms. The van der Waals surface area contributed by atoms with Gasteiger partial charge in [-0.3, -0.25) is 14.9 Å². The molecule has 2 rings (SSSR count). The molecule has 0 spiro atoms. The second-order valence-electron chi connectivity index (χ2n) is 5.45. The fourth-order valence-electron chi connectivity index (χ4n) is 2.78. The Balaban J connectivity index is 2.16. The van der Waals surface area contributed by atoms with Crippen molar-refractivity contribution in [2.75, 3.05) is 5.32 Å². The number of anilines is 1. The lowest BCUT2D eigenvalue weighted by molar-refractivity contribution is -0.385. The first-order valence-electron chi connectivity index (χ1n) is 7.09. The first-order chi connectivity index (χ1) is 9.99. The minimum atomic E-state index is -0.798. The number of carbonyl (C=O) groups is 1. The second kappa shape index (κ2) is 6.51. The molecule has 1 aliphatic carbocycles. The molecule has 1 saturated carbocycles. The Labute approximate surface area is 122 Å². The molecule has 0 radical (unpaired) electrons. The Morgan fingerprint density at radius 2 is 2.14 bits per heavy atom. The Morgan fingerprint density at radius 1 is 1.43 bits per heavy atom. The Kier molecular flexibility index (Phi) is 4.72. The van der Waals surface area contributed by atoms with Gasteiger partial charge in [0.05, 0.1) is 10.8 Å². The molecular weight excluding hydrogens is 274 g/mol. The molecule has 0 saturated heterocycles. The number of aryl methyl sites for hydroxylation is 1. The molecule has 0 amide bonds. The maximum absolute atomic E-state index is 11.4. The summed E-state index contributed by atoms with van der Waals surface area (Å²) in [5.41, 5.74) is 0.481. The van der Waals surface area contributed by atoms with Gasteiger partial charge in [0.25, 0.3) is 5.69 Å². The number of rotatable bonds is 4. The molecule has 1 aliphatic rings. The SMILES string of the molecule is Cc1cc(NC2CCCCCC2C(=O)O)ncc1[N+](=O)[O-]. The van der Waals surface area contributed by atoms with Crippen LogP contribution in [0.4, 0.5) is 11.5 Å². The van der Waals surface area contributed by atoms with Crippen LogP contribution in [0.1, 0.15) is 37.7 Å². The zero-order valence-corrected chi connectivity index (χ0v) is 11.9. The van der Waals surface area contributed by atoms with Crippen LogP contribution in [0.2, 0.25) is 0 Å². The summed E-state index contributed by atoms with van der Waals surface area (Å²) in [5, 5.41) is 23.3. The van der Waals surface area contributed by atoms with E-state index in [4.69, 9.17) is 0 Å². The van der Waals surface area contributed by atoms with Gasteiger partial charge in [-0.05, 0) is 25.8 Å². The van der Waals surface area contributed by atoms with E-state index >= 15 is 0 Å². The Morgan fingerprint density at radius 3 is 2.76 bits per heavy atom. The lowest BCUT2D eigenvalue weighted by Gasteiger charge is -2.23. The average molecular weight is 293 g/mol. The Hall–Kier alpha value is -2.18. The molecule has 0 aromatic carbocycles. The molecule has 1 aromatic rings. The van der Waals surface area contributed by atoms with E-state index in [1.807, 2.05) is 0 Å². The molecule has 2 unspecified atom stereocenters. The summed E-state index contributed by atoms with van der Waals surface area (Å²) in [4.78, 5) is 25.7. The van der Waals surface area contributed by atoms with E-state index in [1.165, 1.54) is 6.20 Å². The minimum absolute atomic E-state index is 0.0313. The van der Waals surface area contributed by atoms with E-state index in [9.17, 15) is 20.0 Å². The van der Waals surface area contributed by atoms with Crippen molar-refractivity contribution in [3.05, 3.63) is 27.9 Å². The number of hydrogen-bond acceptors (Lipinski definition) is 5. The quantitative estimate of drug-likeness (QED) is 0.502. The molecule has 21 heavy (non-hydrogen) atoms. The zero-order chi connectivity index (χ0) is 15.4. The molecule has 7 nitrogen and oxygen atoms in total. The number of carboxylic acids is 1. The molecule has 0 aliphatic heterocycles. The maximum atomic E-state index is 11.4. The van der Waals surface area contributed by atoms with Crippen LogP contribution in [0, 0.1) is 23.0 Å². The van der Waals surface area contributed by atoms with E-state index in [-0.39, 0.29) is 11.7 Å². The number of nitro groups is 1. The van der Waals surface area contributed by atoms with E-state index in [0.717, 1.165) is 25.7 Å².